The maximum absolute atomic E-state index is 13.6. The molecule has 0 aromatic heterocycles. The van der Waals surface area contributed by atoms with E-state index in [1.165, 1.54) is 6.07 Å². The zero-order chi connectivity index (χ0) is 11.7. The molecular formula is C12H8BrClFN. The number of hydrogen-bond acceptors (Lipinski definition) is 1. The fourth-order valence-electron chi connectivity index (χ4n) is 1.47. The molecule has 1 nitrogen and oxygen atoms in total. The first-order valence-electron chi connectivity index (χ1n) is 4.58. The first-order valence-corrected chi connectivity index (χ1v) is 5.75. The van der Waals surface area contributed by atoms with Crippen molar-refractivity contribution in [1.29, 1.82) is 0 Å². The molecule has 0 saturated heterocycles. The van der Waals surface area contributed by atoms with Crippen molar-refractivity contribution in [1.82, 2.24) is 0 Å². The molecule has 2 N–H and O–H groups in total. The molecular weight excluding hydrogens is 292 g/mol. The van der Waals surface area contributed by atoms with Crippen molar-refractivity contribution < 1.29 is 4.39 Å². The van der Waals surface area contributed by atoms with Crippen LogP contribution in [0.3, 0.4) is 0 Å². The number of hydrogen-bond donors (Lipinski definition) is 1. The van der Waals surface area contributed by atoms with Gasteiger partial charge in [-0.15, -0.1) is 0 Å². The minimum absolute atomic E-state index is 0.322. The van der Waals surface area contributed by atoms with Gasteiger partial charge in [0.1, 0.15) is 5.82 Å². The van der Waals surface area contributed by atoms with Gasteiger partial charge in [-0.05, 0) is 36.4 Å². The SMILES string of the molecule is Nc1ccc(Cl)cc1-c1cc(Br)ccc1F. The third-order valence-corrected chi connectivity index (χ3v) is 2.96. The maximum atomic E-state index is 13.6. The molecule has 0 aliphatic heterocycles. The quantitative estimate of drug-likeness (QED) is 0.772. The number of halogens is 3. The Kier molecular flexibility index (Phi) is 3.17. The van der Waals surface area contributed by atoms with Crippen LogP contribution >= 0.6 is 27.5 Å². The highest BCUT2D eigenvalue weighted by molar-refractivity contribution is 9.10. The molecule has 2 aromatic rings. The second-order valence-corrected chi connectivity index (χ2v) is 4.71. The zero-order valence-corrected chi connectivity index (χ0v) is 10.5. The molecule has 16 heavy (non-hydrogen) atoms. The molecule has 0 radical (unpaired) electrons. The maximum Gasteiger partial charge on any atom is 0.131 e. The topological polar surface area (TPSA) is 26.0 Å². The van der Waals surface area contributed by atoms with Crippen LogP contribution in [0.1, 0.15) is 0 Å². The monoisotopic (exact) mass is 299 g/mol. The van der Waals surface area contributed by atoms with Crippen molar-refractivity contribution >= 4 is 33.2 Å². The second-order valence-electron chi connectivity index (χ2n) is 3.36. The molecule has 2 rings (SSSR count). The van der Waals surface area contributed by atoms with Crippen molar-refractivity contribution in [3.8, 4) is 11.1 Å². The van der Waals surface area contributed by atoms with Gasteiger partial charge in [-0.2, -0.15) is 0 Å². The lowest BCUT2D eigenvalue weighted by Gasteiger charge is -2.08. The third-order valence-electron chi connectivity index (χ3n) is 2.23. The Morgan fingerprint density at radius 3 is 2.56 bits per heavy atom. The third kappa shape index (κ3) is 2.20. The van der Waals surface area contributed by atoms with E-state index in [0.29, 0.717) is 21.8 Å². The summed E-state index contributed by atoms with van der Waals surface area (Å²) in [5.41, 5.74) is 7.34. The lowest BCUT2D eigenvalue weighted by molar-refractivity contribution is 0.631. The molecule has 0 aliphatic carbocycles. The summed E-state index contributed by atoms with van der Waals surface area (Å²) in [5.74, 6) is -0.322. The van der Waals surface area contributed by atoms with E-state index in [0.717, 1.165) is 4.47 Å². The summed E-state index contributed by atoms with van der Waals surface area (Å²) in [6, 6.07) is 9.70. The average molecular weight is 301 g/mol. The highest BCUT2D eigenvalue weighted by atomic mass is 79.9. The van der Waals surface area contributed by atoms with Gasteiger partial charge < -0.3 is 5.73 Å². The molecule has 0 spiro atoms. The van der Waals surface area contributed by atoms with E-state index in [1.807, 2.05) is 0 Å². The Morgan fingerprint density at radius 2 is 1.81 bits per heavy atom. The van der Waals surface area contributed by atoms with Crippen molar-refractivity contribution in [3.05, 3.63) is 51.7 Å². The van der Waals surface area contributed by atoms with E-state index in [9.17, 15) is 4.39 Å². The van der Waals surface area contributed by atoms with E-state index in [4.69, 9.17) is 17.3 Å². The smallest absolute Gasteiger partial charge is 0.131 e. The average Bonchev–Trinajstić information content (AvgIpc) is 2.25. The lowest BCUT2D eigenvalue weighted by atomic mass is 10.0. The van der Waals surface area contributed by atoms with E-state index in [2.05, 4.69) is 15.9 Å². The summed E-state index contributed by atoms with van der Waals surface area (Å²) in [6.45, 7) is 0. The van der Waals surface area contributed by atoms with Crippen molar-refractivity contribution in [2.45, 2.75) is 0 Å². The van der Waals surface area contributed by atoms with Gasteiger partial charge in [-0.3, -0.25) is 0 Å². The first-order chi connectivity index (χ1) is 7.58. The molecule has 0 aliphatic rings. The zero-order valence-electron chi connectivity index (χ0n) is 8.18. The van der Waals surface area contributed by atoms with Gasteiger partial charge in [-0.1, -0.05) is 27.5 Å². The Balaban J connectivity index is 2.66. The minimum Gasteiger partial charge on any atom is -0.398 e. The highest BCUT2D eigenvalue weighted by Gasteiger charge is 2.09. The Labute approximate surface area is 106 Å². The van der Waals surface area contributed by atoms with Crippen LogP contribution in [-0.4, -0.2) is 0 Å². The Hall–Kier alpha value is -1.06. The van der Waals surface area contributed by atoms with Crippen LogP contribution in [0.25, 0.3) is 11.1 Å². The van der Waals surface area contributed by atoms with Gasteiger partial charge in [0.05, 0.1) is 0 Å². The first kappa shape index (κ1) is 11.4. The highest BCUT2D eigenvalue weighted by Crippen LogP contribution is 2.32. The van der Waals surface area contributed by atoms with E-state index < -0.39 is 0 Å². The van der Waals surface area contributed by atoms with Crippen LogP contribution in [0.5, 0.6) is 0 Å². The summed E-state index contributed by atoms with van der Waals surface area (Å²) in [4.78, 5) is 0. The molecule has 0 atom stereocenters. The fourth-order valence-corrected chi connectivity index (χ4v) is 2.00. The predicted molar refractivity (Wildman–Crippen MR) is 69.0 cm³/mol. The molecule has 0 fully saturated rings. The second kappa shape index (κ2) is 4.44. The Bertz CT molecular complexity index is 493. The van der Waals surface area contributed by atoms with Gasteiger partial charge in [0.2, 0.25) is 0 Å². The number of benzene rings is 2. The summed E-state index contributed by atoms with van der Waals surface area (Å²) in [7, 11) is 0. The Morgan fingerprint density at radius 1 is 1.06 bits per heavy atom. The van der Waals surface area contributed by atoms with Crippen LogP contribution in [0, 0.1) is 5.82 Å². The van der Waals surface area contributed by atoms with Gasteiger partial charge in [0.25, 0.3) is 0 Å². The van der Waals surface area contributed by atoms with Gasteiger partial charge in [0.15, 0.2) is 0 Å². The fraction of sp³-hybridized carbons (Fsp3) is 0. The van der Waals surface area contributed by atoms with E-state index in [-0.39, 0.29) is 5.82 Å². The number of nitrogens with two attached hydrogens (primary N) is 1. The van der Waals surface area contributed by atoms with Gasteiger partial charge >= 0.3 is 0 Å². The molecule has 0 amide bonds. The van der Waals surface area contributed by atoms with Crippen LogP contribution < -0.4 is 5.73 Å². The van der Waals surface area contributed by atoms with Crippen molar-refractivity contribution in [2.75, 3.05) is 5.73 Å². The summed E-state index contributed by atoms with van der Waals surface area (Å²) in [6.07, 6.45) is 0. The number of nitrogen functional groups attached to an aromatic ring is 1. The van der Waals surface area contributed by atoms with Crippen molar-refractivity contribution in [3.63, 3.8) is 0 Å². The summed E-state index contributed by atoms with van der Waals surface area (Å²) < 4.78 is 14.4. The summed E-state index contributed by atoms with van der Waals surface area (Å²) in [5, 5.41) is 0.531. The lowest BCUT2D eigenvalue weighted by Crippen LogP contribution is -1.92. The molecule has 2 aromatic carbocycles. The number of rotatable bonds is 1. The molecule has 0 unspecified atom stereocenters. The standard InChI is InChI=1S/C12H8BrClFN/c13-7-1-3-11(15)9(5-7)10-6-8(14)2-4-12(10)16/h1-6H,16H2. The van der Waals surface area contributed by atoms with E-state index >= 15 is 0 Å². The molecule has 4 heteroatoms. The van der Waals surface area contributed by atoms with Gasteiger partial charge in [-0.25, -0.2) is 4.39 Å². The van der Waals surface area contributed by atoms with Crippen LogP contribution in [-0.2, 0) is 0 Å². The van der Waals surface area contributed by atoms with Crippen LogP contribution in [0.2, 0.25) is 5.02 Å². The minimum atomic E-state index is -0.322. The normalized spacial score (nSPS) is 10.4. The summed E-state index contributed by atoms with van der Waals surface area (Å²) >= 11 is 9.17. The molecule has 0 heterocycles. The van der Waals surface area contributed by atoms with E-state index in [1.54, 1.807) is 30.3 Å². The van der Waals surface area contributed by atoms with Crippen LogP contribution in [0.4, 0.5) is 10.1 Å². The number of anilines is 1. The largest absolute Gasteiger partial charge is 0.398 e. The van der Waals surface area contributed by atoms with Gasteiger partial charge in [0, 0.05) is 26.3 Å². The predicted octanol–water partition coefficient (Wildman–Crippen LogP) is 4.49. The van der Waals surface area contributed by atoms with Crippen molar-refractivity contribution in [2.24, 2.45) is 0 Å². The van der Waals surface area contributed by atoms with Crippen LogP contribution in [0.15, 0.2) is 40.9 Å². The molecule has 82 valence electrons. The molecule has 0 bridgehead atoms. The molecule has 0 saturated carbocycles.